The number of carbonyl (C=O) groups excluding carboxylic acids is 1. The molecule has 0 radical (unpaired) electrons. The topological polar surface area (TPSA) is 30.0 Å². The second-order valence-electron chi connectivity index (χ2n) is 5.16. The Bertz CT molecular complexity index is 881. The standard InChI is InChI=1S/C18H12BrCl2NO/c19-10-17(23)14-9-13(6-11-4-2-1-3-5-11)22-18-15(14)7-12(20)8-16(18)21/h1-5,7-9H,6,10H2. The molecule has 0 spiro atoms. The molecule has 0 atom stereocenters. The maximum Gasteiger partial charge on any atom is 0.174 e. The number of halogens is 3. The summed E-state index contributed by atoms with van der Waals surface area (Å²) in [5, 5.41) is 1.86. The first-order valence-corrected chi connectivity index (χ1v) is 8.88. The largest absolute Gasteiger partial charge is 0.293 e. The van der Waals surface area contributed by atoms with Crippen molar-refractivity contribution in [3.8, 4) is 0 Å². The van der Waals surface area contributed by atoms with Gasteiger partial charge in [0.2, 0.25) is 0 Å². The number of aromatic nitrogens is 1. The van der Waals surface area contributed by atoms with Gasteiger partial charge in [0.1, 0.15) is 0 Å². The van der Waals surface area contributed by atoms with E-state index in [0.29, 0.717) is 32.9 Å². The van der Waals surface area contributed by atoms with Crippen LogP contribution in [0.15, 0.2) is 48.5 Å². The zero-order valence-electron chi connectivity index (χ0n) is 12.0. The summed E-state index contributed by atoms with van der Waals surface area (Å²) < 4.78 is 0. The molecule has 23 heavy (non-hydrogen) atoms. The number of Topliss-reactive ketones (excluding diaryl/α,β-unsaturated/α-hetero) is 1. The van der Waals surface area contributed by atoms with Crippen LogP contribution >= 0.6 is 39.1 Å². The van der Waals surface area contributed by atoms with Gasteiger partial charge >= 0.3 is 0 Å². The van der Waals surface area contributed by atoms with Crippen LogP contribution in [0.4, 0.5) is 0 Å². The van der Waals surface area contributed by atoms with E-state index >= 15 is 0 Å². The average Bonchev–Trinajstić information content (AvgIpc) is 2.55. The summed E-state index contributed by atoms with van der Waals surface area (Å²) in [6.45, 7) is 0. The van der Waals surface area contributed by atoms with Gasteiger partial charge in [-0.3, -0.25) is 9.78 Å². The third-order valence-electron chi connectivity index (χ3n) is 3.53. The van der Waals surface area contributed by atoms with Gasteiger partial charge in [0.15, 0.2) is 5.78 Å². The highest BCUT2D eigenvalue weighted by Gasteiger charge is 2.15. The minimum absolute atomic E-state index is 0.0231. The van der Waals surface area contributed by atoms with Gasteiger partial charge in [0.05, 0.1) is 15.9 Å². The highest BCUT2D eigenvalue weighted by molar-refractivity contribution is 9.09. The molecule has 1 heterocycles. The van der Waals surface area contributed by atoms with E-state index in [1.54, 1.807) is 12.1 Å². The van der Waals surface area contributed by atoms with Crippen LogP contribution in [0.25, 0.3) is 10.9 Å². The Morgan fingerprint density at radius 2 is 1.83 bits per heavy atom. The lowest BCUT2D eigenvalue weighted by atomic mass is 10.0. The van der Waals surface area contributed by atoms with E-state index in [2.05, 4.69) is 20.9 Å². The molecule has 0 fully saturated rings. The quantitative estimate of drug-likeness (QED) is 0.408. The van der Waals surface area contributed by atoms with Crippen LogP contribution in [0.2, 0.25) is 10.0 Å². The van der Waals surface area contributed by atoms with Gasteiger partial charge in [-0.25, -0.2) is 0 Å². The number of fused-ring (bicyclic) bond motifs is 1. The summed E-state index contributed by atoms with van der Waals surface area (Å²) in [6.07, 6.45) is 0.637. The fourth-order valence-corrected chi connectivity index (χ4v) is 3.34. The monoisotopic (exact) mass is 407 g/mol. The van der Waals surface area contributed by atoms with Crippen molar-refractivity contribution < 1.29 is 4.79 Å². The van der Waals surface area contributed by atoms with Gasteiger partial charge in [-0.05, 0) is 23.8 Å². The lowest BCUT2D eigenvalue weighted by molar-refractivity contribution is 0.102. The van der Waals surface area contributed by atoms with Crippen LogP contribution in [-0.2, 0) is 6.42 Å². The first kappa shape index (κ1) is 16.4. The molecule has 0 saturated heterocycles. The van der Waals surface area contributed by atoms with Gasteiger partial charge in [0, 0.05) is 28.1 Å². The third kappa shape index (κ3) is 3.57. The zero-order chi connectivity index (χ0) is 16.4. The van der Waals surface area contributed by atoms with Crippen molar-refractivity contribution in [3.05, 3.63) is 75.4 Å². The number of pyridine rings is 1. The van der Waals surface area contributed by atoms with Gasteiger partial charge in [-0.15, -0.1) is 0 Å². The van der Waals surface area contributed by atoms with Crippen molar-refractivity contribution in [2.75, 3.05) is 5.33 Å². The summed E-state index contributed by atoms with van der Waals surface area (Å²) in [7, 11) is 0. The lowest BCUT2D eigenvalue weighted by Crippen LogP contribution is -2.05. The molecule has 2 nitrogen and oxygen atoms in total. The Kier molecular flexibility index (Phi) is 5.00. The van der Waals surface area contributed by atoms with E-state index < -0.39 is 0 Å². The first-order valence-electron chi connectivity index (χ1n) is 7.00. The van der Waals surface area contributed by atoms with E-state index in [1.165, 1.54) is 0 Å². The molecular formula is C18H12BrCl2NO. The van der Waals surface area contributed by atoms with Crippen molar-refractivity contribution in [1.29, 1.82) is 0 Å². The van der Waals surface area contributed by atoms with Crippen LogP contribution < -0.4 is 0 Å². The van der Waals surface area contributed by atoms with Crippen molar-refractivity contribution >= 4 is 55.8 Å². The second-order valence-corrected chi connectivity index (χ2v) is 6.57. The van der Waals surface area contributed by atoms with Gasteiger partial charge in [0.25, 0.3) is 0 Å². The van der Waals surface area contributed by atoms with E-state index in [9.17, 15) is 4.79 Å². The maximum atomic E-state index is 12.3. The molecule has 3 aromatic rings. The maximum absolute atomic E-state index is 12.3. The van der Waals surface area contributed by atoms with Gasteiger partial charge < -0.3 is 0 Å². The number of rotatable bonds is 4. The predicted molar refractivity (Wildman–Crippen MR) is 99.1 cm³/mol. The van der Waals surface area contributed by atoms with E-state index in [0.717, 1.165) is 11.3 Å². The second kappa shape index (κ2) is 7.00. The zero-order valence-corrected chi connectivity index (χ0v) is 15.1. The van der Waals surface area contributed by atoms with Crippen LogP contribution in [0, 0.1) is 0 Å². The fraction of sp³-hybridized carbons (Fsp3) is 0.111. The fourth-order valence-electron chi connectivity index (χ4n) is 2.50. The van der Waals surface area contributed by atoms with Crippen molar-refractivity contribution in [2.45, 2.75) is 6.42 Å². The molecule has 0 aliphatic carbocycles. The first-order chi connectivity index (χ1) is 11.1. The predicted octanol–water partition coefficient (Wildman–Crippen LogP) is 5.71. The number of benzene rings is 2. The molecular weight excluding hydrogens is 397 g/mol. The van der Waals surface area contributed by atoms with Crippen molar-refractivity contribution in [2.24, 2.45) is 0 Å². The van der Waals surface area contributed by atoms with E-state index in [4.69, 9.17) is 23.2 Å². The van der Waals surface area contributed by atoms with Crippen molar-refractivity contribution in [3.63, 3.8) is 0 Å². The minimum atomic E-state index is -0.0231. The molecule has 0 N–H and O–H groups in total. The minimum Gasteiger partial charge on any atom is -0.293 e. The molecule has 2 aromatic carbocycles. The highest BCUT2D eigenvalue weighted by atomic mass is 79.9. The molecule has 0 bridgehead atoms. The number of alkyl halides is 1. The van der Waals surface area contributed by atoms with Crippen LogP contribution in [0.3, 0.4) is 0 Å². The summed E-state index contributed by atoms with van der Waals surface area (Å²) >= 11 is 15.6. The van der Waals surface area contributed by atoms with Crippen molar-refractivity contribution in [1.82, 2.24) is 4.98 Å². The highest BCUT2D eigenvalue weighted by Crippen LogP contribution is 2.30. The Labute approximate surface area is 152 Å². The number of carbonyl (C=O) groups is 1. The van der Waals surface area contributed by atoms with Gasteiger partial charge in [-0.1, -0.05) is 69.5 Å². The van der Waals surface area contributed by atoms with Crippen LogP contribution in [-0.4, -0.2) is 16.1 Å². The molecule has 116 valence electrons. The smallest absolute Gasteiger partial charge is 0.174 e. The Morgan fingerprint density at radius 3 is 2.52 bits per heavy atom. The molecule has 0 saturated carbocycles. The Morgan fingerprint density at radius 1 is 1.09 bits per heavy atom. The average molecular weight is 409 g/mol. The number of nitrogens with zero attached hydrogens (tertiary/aromatic N) is 1. The third-order valence-corrected chi connectivity index (χ3v) is 4.55. The number of hydrogen-bond donors (Lipinski definition) is 0. The molecule has 0 amide bonds. The summed E-state index contributed by atoms with van der Waals surface area (Å²) in [4.78, 5) is 16.9. The normalized spacial score (nSPS) is 10.9. The molecule has 0 aliphatic heterocycles. The Hall–Kier alpha value is -1.42. The molecule has 0 unspecified atom stereocenters. The molecule has 1 aromatic heterocycles. The molecule has 0 aliphatic rings. The van der Waals surface area contributed by atoms with Gasteiger partial charge in [-0.2, -0.15) is 0 Å². The Balaban J connectivity index is 2.19. The SMILES string of the molecule is O=C(CBr)c1cc(Cc2ccccc2)nc2c(Cl)cc(Cl)cc12. The summed E-state index contributed by atoms with van der Waals surface area (Å²) in [5.74, 6) is -0.0231. The summed E-state index contributed by atoms with van der Waals surface area (Å²) in [5.41, 5.74) is 3.12. The molecule has 5 heteroatoms. The van der Waals surface area contributed by atoms with Crippen LogP contribution in [0.1, 0.15) is 21.6 Å². The summed E-state index contributed by atoms with van der Waals surface area (Å²) in [6, 6.07) is 15.2. The number of ketones is 1. The molecule has 3 rings (SSSR count). The van der Waals surface area contributed by atoms with E-state index in [-0.39, 0.29) is 11.1 Å². The number of hydrogen-bond acceptors (Lipinski definition) is 2. The van der Waals surface area contributed by atoms with Crippen LogP contribution in [0.5, 0.6) is 0 Å². The van der Waals surface area contributed by atoms with E-state index in [1.807, 2.05) is 36.4 Å². The lowest BCUT2D eigenvalue weighted by Gasteiger charge is -2.10.